The average molecular weight is 309 g/mol. The van der Waals surface area contributed by atoms with Crippen molar-refractivity contribution in [1.82, 2.24) is 0 Å². The number of nitrogens with one attached hydrogen (secondary N) is 1. The number of carbonyl (C=O) groups excluding carboxylic acids is 1. The van der Waals surface area contributed by atoms with Crippen LogP contribution in [0.5, 0.6) is 5.75 Å². The maximum atomic E-state index is 11.0. The third kappa shape index (κ3) is 1.60. The molecule has 0 saturated heterocycles. The molecule has 0 atom stereocenters. The highest BCUT2D eigenvalue weighted by Gasteiger charge is 2.19. The van der Waals surface area contributed by atoms with Gasteiger partial charge in [-0.05, 0) is 34.7 Å². The SMILES string of the molecule is O=C1COc2ccc(I)c(Cl)c2N1. The van der Waals surface area contributed by atoms with Crippen molar-refractivity contribution in [1.29, 1.82) is 0 Å². The second kappa shape index (κ2) is 3.34. The molecule has 1 heterocycles. The maximum absolute atomic E-state index is 11.0. The van der Waals surface area contributed by atoms with Gasteiger partial charge in [-0.1, -0.05) is 11.6 Å². The molecule has 0 saturated carbocycles. The Hall–Kier alpha value is -0.490. The van der Waals surface area contributed by atoms with Gasteiger partial charge in [0.2, 0.25) is 0 Å². The number of halogens is 2. The molecule has 0 unspecified atom stereocenters. The first-order valence-corrected chi connectivity index (χ1v) is 5.05. The molecule has 0 fully saturated rings. The van der Waals surface area contributed by atoms with E-state index in [1.807, 2.05) is 6.07 Å². The van der Waals surface area contributed by atoms with E-state index in [0.29, 0.717) is 16.5 Å². The van der Waals surface area contributed by atoms with Crippen LogP contribution in [0.25, 0.3) is 0 Å². The standard InChI is InChI=1S/C8H5ClINO2/c9-7-4(10)1-2-5-8(7)11-6(12)3-13-5/h1-2H,3H2,(H,11,12). The number of benzene rings is 1. The minimum Gasteiger partial charge on any atom is -0.482 e. The van der Waals surface area contributed by atoms with E-state index < -0.39 is 0 Å². The summed E-state index contributed by atoms with van der Waals surface area (Å²) in [6, 6.07) is 3.64. The van der Waals surface area contributed by atoms with Gasteiger partial charge in [-0.25, -0.2) is 0 Å². The third-order valence-electron chi connectivity index (χ3n) is 1.68. The average Bonchev–Trinajstić information content (AvgIpc) is 2.12. The van der Waals surface area contributed by atoms with E-state index in [0.717, 1.165) is 3.57 Å². The molecule has 1 N–H and O–H groups in total. The Balaban J connectivity index is 2.54. The van der Waals surface area contributed by atoms with E-state index >= 15 is 0 Å². The quantitative estimate of drug-likeness (QED) is 0.747. The Kier molecular flexibility index (Phi) is 2.33. The lowest BCUT2D eigenvalue weighted by Gasteiger charge is -2.19. The van der Waals surface area contributed by atoms with Crippen LogP contribution in [0.1, 0.15) is 0 Å². The van der Waals surface area contributed by atoms with Gasteiger partial charge in [0.1, 0.15) is 11.4 Å². The largest absolute Gasteiger partial charge is 0.482 e. The van der Waals surface area contributed by atoms with Gasteiger partial charge in [0.25, 0.3) is 5.91 Å². The fraction of sp³-hybridized carbons (Fsp3) is 0.125. The molecular formula is C8H5ClINO2. The van der Waals surface area contributed by atoms with Crippen LogP contribution in [-0.2, 0) is 4.79 Å². The van der Waals surface area contributed by atoms with Gasteiger partial charge in [-0.3, -0.25) is 4.79 Å². The van der Waals surface area contributed by atoms with Crippen molar-refractivity contribution in [2.24, 2.45) is 0 Å². The molecule has 3 nitrogen and oxygen atoms in total. The van der Waals surface area contributed by atoms with Crippen molar-refractivity contribution in [2.45, 2.75) is 0 Å². The molecule has 0 radical (unpaired) electrons. The van der Waals surface area contributed by atoms with Crippen LogP contribution in [0.15, 0.2) is 12.1 Å². The van der Waals surface area contributed by atoms with Gasteiger partial charge in [0.05, 0.1) is 5.02 Å². The fourth-order valence-electron chi connectivity index (χ4n) is 1.09. The second-order valence-corrected chi connectivity index (χ2v) is 4.11. The number of anilines is 1. The Morgan fingerprint density at radius 3 is 3.08 bits per heavy atom. The topological polar surface area (TPSA) is 38.3 Å². The van der Waals surface area contributed by atoms with Crippen molar-refractivity contribution in [3.63, 3.8) is 0 Å². The first kappa shape index (κ1) is 9.08. The highest BCUT2D eigenvalue weighted by atomic mass is 127. The molecule has 1 aliphatic rings. The Morgan fingerprint density at radius 1 is 1.54 bits per heavy atom. The summed E-state index contributed by atoms with van der Waals surface area (Å²) in [5, 5.41) is 3.20. The van der Waals surface area contributed by atoms with E-state index in [9.17, 15) is 4.79 Å². The third-order valence-corrected chi connectivity index (χ3v) is 3.29. The Bertz CT molecular complexity index is 381. The molecule has 0 aliphatic carbocycles. The van der Waals surface area contributed by atoms with E-state index in [4.69, 9.17) is 16.3 Å². The van der Waals surface area contributed by atoms with Crippen molar-refractivity contribution >= 4 is 45.8 Å². The predicted octanol–water partition coefficient (Wildman–Crippen LogP) is 2.28. The normalized spacial score (nSPS) is 14.5. The molecule has 13 heavy (non-hydrogen) atoms. The van der Waals surface area contributed by atoms with Crippen LogP contribution >= 0.6 is 34.2 Å². The number of hydrogen-bond acceptors (Lipinski definition) is 2. The highest BCUT2D eigenvalue weighted by Crippen LogP contribution is 2.37. The summed E-state index contributed by atoms with van der Waals surface area (Å²) in [7, 11) is 0. The lowest BCUT2D eigenvalue weighted by molar-refractivity contribution is -0.118. The Morgan fingerprint density at radius 2 is 2.31 bits per heavy atom. The molecule has 2 rings (SSSR count). The number of hydrogen-bond donors (Lipinski definition) is 1. The zero-order chi connectivity index (χ0) is 9.42. The summed E-state index contributed by atoms with van der Waals surface area (Å²) >= 11 is 8.07. The van der Waals surface area contributed by atoms with Crippen LogP contribution in [0.3, 0.4) is 0 Å². The maximum Gasteiger partial charge on any atom is 0.262 e. The van der Waals surface area contributed by atoms with Crippen molar-refractivity contribution < 1.29 is 9.53 Å². The van der Waals surface area contributed by atoms with Crippen LogP contribution in [0.2, 0.25) is 5.02 Å². The van der Waals surface area contributed by atoms with Crippen molar-refractivity contribution in [3.05, 3.63) is 20.7 Å². The summed E-state index contributed by atoms with van der Waals surface area (Å²) < 4.78 is 6.06. The molecule has 68 valence electrons. The van der Waals surface area contributed by atoms with Crippen molar-refractivity contribution in [2.75, 3.05) is 11.9 Å². The summed E-state index contributed by atoms with van der Waals surface area (Å²) in [6.07, 6.45) is 0. The lowest BCUT2D eigenvalue weighted by atomic mass is 10.2. The van der Waals surface area contributed by atoms with Gasteiger partial charge in [0.15, 0.2) is 6.61 Å². The number of fused-ring (bicyclic) bond motifs is 1. The van der Waals surface area contributed by atoms with Crippen LogP contribution in [0, 0.1) is 3.57 Å². The molecule has 0 bridgehead atoms. The van der Waals surface area contributed by atoms with E-state index in [1.165, 1.54) is 0 Å². The van der Waals surface area contributed by atoms with E-state index in [2.05, 4.69) is 27.9 Å². The zero-order valence-corrected chi connectivity index (χ0v) is 9.35. The summed E-state index contributed by atoms with van der Waals surface area (Å²) in [4.78, 5) is 11.0. The molecule has 1 aromatic rings. The zero-order valence-electron chi connectivity index (χ0n) is 6.43. The van der Waals surface area contributed by atoms with Crippen LogP contribution in [-0.4, -0.2) is 12.5 Å². The molecule has 1 amide bonds. The molecule has 0 spiro atoms. The number of ether oxygens (including phenoxy) is 1. The lowest BCUT2D eigenvalue weighted by Crippen LogP contribution is -2.25. The Labute approximate surface area is 93.5 Å². The van der Waals surface area contributed by atoms with Crippen molar-refractivity contribution in [3.8, 4) is 5.75 Å². The van der Waals surface area contributed by atoms with Gasteiger partial charge in [-0.15, -0.1) is 0 Å². The summed E-state index contributed by atoms with van der Waals surface area (Å²) in [6.45, 7) is 0.0594. The molecule has 1 aromatic carbocycles. The van der Waals surface area contributed by atoms with Crippen LogP contribution < -0.4 is 10.1 Å². The first-order valence-electron chi connectivity index (χ1n) is 3.59. The highest BCUT2D eigenvalue weighted by molar-refractivity contribution is 14.1. The fourth-order valence-corrected chi connectivity index (χ4v) is 1.74. The van der Waals surface area contributed by atoms with Gasteiger partial charge in [-0.2, -0.15) is 0 Å². The minimum absolute atomic E-state index is 0.0594. The van der Waals surface area contributed by atoms with Gasteiger partial charge >= 0.3 is 0 Å². The molecule has 0 aromatic heterocycles. The van der Waals surface area contributed by atoms with Gasteiger partial charge < -0.3 is 10.1 Å². The molecular weight excluding hydrogens is 304 g/mol. The molecule has 1 aliphatic heterocycles. The summed E-state index contributed by atoms with van der Waals surface area (Å²) in [5.41, 5.74) is 0.574. The minimum atomic E-state index is -0.170. The van der Waals surface area contributed by atoms with E-state index in [1.54, 1.807) is 6.07 Å². The van der Waals surface area contributed by atoms with E-state index in [-0.39, 0.29) is 12.5 Å². The van der Waals surface area contributed by atoms with Crippen LogP contribution in [0.4, 0.5) is 5.69 Å². The van der Waals surface area contributed by atoms with Gasteiger partial charge in [0, 0.05) is 3.57 Å². The number of rotatable bonds is 0. The monoisotopic (exact) mass is 309 g/mol. The smallest absolute Gasteiger partial charge is 0.262 e. The number of carbonyl (C=O) groups is 1. The summed E-state index contributed by atoms with van der Waals surface area (Å²) in [5.74, 6) is 0.460. The first-order chi connectivity index (χ1) is 6.18. The second-order valence-electron chi connectivity index (χ2n) is 2.57. The number of amides is 1. The molecule has 5 heteroatoms. The predicted molar refractivity (Wildman–Crippen MR) is 58.3 cm³/mol.